The van der Waals surface area contributed by atoms with Crippen molar-refractivity contribution in [2.45, 2.75) is 6.54 Å². The summed E-state index contributed by atoms with van der Waals surface area (Å²) in [5.74, 6) is 0.667. The molecule has 0 aliphatic heterocycles. The van der Waals surface area contributed by atoms with Crippen LogP contribution >= 0.6 is 11.8 Å². The molecule has 1 aromatic carbocycles. The third-order valence-corrected chi connectivity index (χ3v) is 2.48. The van der Waals surface area contributed by atoms with Crippen molar-refractivity contribution in [3.8, 4) is 0 Å². The van der Waals surface area contributed by atoms with Gasteiger partial charge in [0.15, 0.2) is 0 Å². The van der Waals surface area contributed by atoms with Crippen LogP contribution in [0.25, 0.3) is 0 Å². The molecule has 1 rings (SSSR count). The van der Waals surface area contributed by atoms with Gasteiger partial charge in [-0.1, -0.05) is 42.1 Å². The third-order valence-electron chi connectivity index (χ3n) is 1.63. The minimum Gasteiger partial charge on any atom is -0.343 e. The van der Waals surface area contributed by atoms with E-state index in [9.17, 15) is 4.79 Å². The SMILES string of the molecule is NCCSC(=O)NCc1ccccc1. The average molecular weight is 210 g/mol. The second-order valence-corrected chi connectivity index (χ2v) is 3.83. The number of nitrogens with two attached hydrogens (primary N) is 1. The van der Waals surface area contributed by atoms with Crippen molar-refractivity contribution >= 4 is 17.0 Å². The first-order valence-corrected chi connectivity index (χ1v) is 5.46. The fourth-order valence-corrected chi connectivity index (χ4v) is 1.45. The van der Waals surface area contributed by atoms with E-state index in [1.54, 1.807) is 0 Å². The van der Waals surface area contributed by atoms with Gasteiger partial charge in [0.05, 0.1) is 0 Å². The van der Waals surface area contributed by atoms with E-state index >= 15 is 0 Å². The zero-order valence-corrected chi connectivity index (χ0v) is 8.72. The Morgan fingerprint density at radius 3 is 2.71 bits per heavy atom. The van der Waals surface area contributed by atoms with Crippen LogP contribution in [0.3, 0.4) is 0 Å². The molecule has 1 aromatic rings. The Kier molecular flexibility index (Phi) is 5.11. The van der Waals surface area contributed by atoms with Gasteiger partial charge in [-0.3, -0.25) is 4.79 Å². The first-order valence-electron chi connectivity index (χ1n) is 4.47. The second-order valence-electron chi connectivity index (χ2n) is 2.76. The number of rotatable bonds is 4. The molecule has 0 saturated heterocycles. The van der Waals surface area contributed by atoms with Gasteiger partial charge in [0.1, 0.15) is 0 Å². The van der Waals surface area contributed by atoms with E-state index in [1.165, 1.54) is 11.8 Å². The summed E-state index contributed by atoms with van der Waals surface area (Å²) in [6.07, 6.45) is 0. The van der Waals surface area contributed by atoms with Crippen molar-refractivity contribution < 1.29 is 4.79 Å². The molecule has 0 unspecified atom stereocenters. The number of carbonyl (C=O) groups is 1. The molecule has 0 bridgehead atoms. The normalized spacial score (nSPS) is 9.79. The smallest absolute Gasteiger partial charge is 0.279 e. The highest BCUT2D eigenvalue weighted by Gasteiger charge is 1.99. The van der Waals surface area contributed by atoms with Gasteiger partial charge in [-0.25, -0.2) is 0 Å². The molecular formula is C10H14N2OS. The molecule has 76 valence electrons. The number of hydrogen-bond acceptors (Lipinski definition) is 3. The molecule has 0 heterocycles. The standard InChI is InChI=1S/C10H14N2OS/c11-6-7-14-10(13)12-8-9-4-2-1-3-5-9/h1-5H,6-8,11H2,(H,12,13). The first kappa shape index (κ1) is 11.1. The Hall–Kier alpha value is -1.00. The highest BCUT2D eigenvalue weighted by Crippen LogP contribution is 2.02. The van der Waals surface area contributed by atoms with Gasteiger partial charge in [0.25, 0.3) is 5.24 Å². The maximum absolute atomic E-state index is 11.2. The number of amides is 1. The van der Waals surface area contributed by atoms with E-state index < -0.39 is 0 Å². The topological polar surface area (TPSA) is 55.1 Å². The Bertz CT molecular complexity index is 277. The molecule has 0 spiro atoms. The zero-order chi connectivity index (χ0) is 10.2. The summed E-state index contributed by atoms with van der Waals surface area (Å²) >= 11 is 1.22. The van der Waals surface area contributed by atoms with Crippen LogP contribution in [0.15, 0.2) is 30.3 Å². The minimum atomic E-state index is -0.0145. The number of hydrogen-bond donors (Lipinski definition) is 2. The molecule has 0 fully saturated rings. The summed E-state index contributed by atoms with van der Waals surface area (Å²) in [4.78, 5) is 11.2. The molecule has 3 nitrogen and oxygen atoms in total. The largest absolute Gasteiger partial charge is 0.343 e. The van der Waals surface area contributed by atoms with E-state index in [-0.39, 0.29) is 5.24 Å². The highest BCUT2D eigenvalue weighted by molar-refractivity contribution is 8.13. The summed E-state index contributed by atoms with van der Waals surface area (Å²) in [5, 5.41) is 2.79. The van der Waals surface area contributed by atoms with Gasteiger partial charge < -0.3 is 11.1 Å². The van der Waals surface area contributed by atoms with E-state index in [2.05, 4.69) is 5.32 Å². The number of carbonyl (C=O) groups excluding carboxylic acids is 1. The Morgan fingerprint density at radius 2 is 2.07 bits per heavy atom. The molecule has 0 aromatic heterocycles. The number of benzene rings is 1. The average Bonchev–Trinajstić information content (AvgIpc) is 2.25. The lowest BCUT2D eigenvalue weighted by Gasteiger charge is -2.03. The van der Waals surface area contributed by atoms with Gasteiger partial charge in [-0.15, -0.1) is 0 Å². The minimum absolute atomic E-state index is 0.0145. The van der Waals surface area contributed by atoms with Crippen LogP contribution in [0.2, 0.25) is 0 Å². The van der Waals surface area contributed by atoms with E-state index in [0.717, 1.165) is 5.56 Å². The summed E-state index contributed by atoms with van der Waals surface area (Å²) < 4.78 is 0. The molecule has 1 amide bonds. The molecule has 0 radical (unpaired) electrons. The van der Waals surface area contributed by atoms with Gasteiger partial charge in [0, 0.05) is 18.8 Å². The quantitative estimate of drug-likeness (QED) is 0.793. The highest BCUT2D eigenvalue weighted by atomic mass is 32.2. The summed E-state index contributed by atoms with van der Waals surface area (Å²) in [6.45, 7) is 1.11. The Labute approximate surface area is 88.1 Å². The number of nitrogens with one attached hydrogen (secondary N) is 1. The van der Waals surface area contributed by atoms with Crippen LogP contribution in [-0.2, 0) is 6.54 Å². The monoisotopic (exact) mass is 210 g/mol. The van der Waals surface area contributed by atoms with Gasteiger partial charge >= 0.3 is 0 Å². The summed E-state index contributed by atoms with van der Waals surface area (Å²) in [6, 6.07) is 9.82. The lowest BCUT2D eigenvalue weighted by atomic mass is 10.2. The molecule has 4 heteroatoms. The third kappa shape index (κ3) is 4.30. The van der Waals surface area contributed by atoms with E-state index in [1.807, 2.05) is 30.3 Å². The van der Waals surface area contributed by atoms with Crippen LogP contribution in [0.1, 0.15) is 5.56 Å². The van der Waals surface area contributed by atoms with E-state index in [0.29, 0.717) is 18.8 Å². The fourth-order valence-electron chi connectivity index (χ4n) is 0.973. The second kappa shape index (κ2) is 6.45. The predicted molar refractivity (Wildman–Crippen MR) is 60.2 cm³/mol. The first-order chi connectivity index (χ1) is 6.83. The molecule has 3 N–H and O–H groups in total. The lowest BCUT2D eigenvalue weighted by molar-refractivity contribution is 0.260. The van der Waals surface area contributed by atoms with Crippen LogP contribution < -0.4 is 11.1 Å². The van der Waals surface area contributed by atoms with Crippen molar-refractivity contribution in [2.75, 3.05) is 12.3 Å². The maximum Gasteiger partial charge on any atom is 0.279 e. The van der Waals surface area contributed by atoms with Crippen LogP contribution in [0.4, 0.5) is 4.79 Å². The van der Waals surface area contributed by atoms with Crippen LogP contribution in [0, 0.1) is 0 Å². The summed E-state index contributed by atoms with van der Waals surface area (Å²) in [7, 11) is 0. The van der Waals surface area contributed by atoms with Gasteiger partial charge in [-0.2, -0.15) is 0 Å². The molecule has 0 atom stereocenters. The van der Waals surface area contributed by atoms with Crippen molar-refractivity contribution in [3.05, 3.63) is 35.9 Å². The molecule has 0 saturated carbocycles. The van der Waals surface area contributed by atoms with Crippen LogP contribution in [0.5, 0.6) is 0 Å². The fraction of sp³-hybridized carbons (Fsp3) is 0.300. The lowest BCUT2D eigenvalue weighted by Crippen LogP contribution is -2.19. The van der Waals surface area contributed by atoms with Crippen molar-refractivity contribution in [1.29, 1.82) is 0 Å². The molecule has 0 aliphatic rings. The van der Waals surface area contributed by atoms with Crippen LogP contribution in [-0.4, -0.2) is 17.5 Å². The molecular weight excluding hydrogens is 196 g/mol. The Balaban J connectivity index is 2.24. The van der Waals surface area contributed by atoms with Crippen molar-refractivity contribution in [2.24, 2.45) is 5.73 Å². The predicted octanol–water partition coefficient (Wildman–Crippen LogP) is 1.59. The Morgan fingerprint density at radius 1 is 1.36 bits per heavy atom. The number of thioether (sulfide) groups is 1. The molecule has 14 heavy (non-hydrogen) atoms. The zero-order valence-electron chi connectivity index (χ0n) is 7.90. The van der Waals surface area contributed by atoms with Gasteiger partial charge in [-0.05, 0) is 5.56 Å². The molecule has 0 aliphatic carbocycles. The van der Waals surface area contributed by atoms with E-state index in [4.69, 9.17) is 5.73 Å². The van der Waals surface area contributed by atoms with Gasteiger partial charge in [0.2, 0.25) is 0 Å². The van der Waals surface area contributed by atoms with Crippen molar-refractivity contribution in [3.63, 3.8) is 0 Å². The maximum atomic E-state index is 11.2. The summed E-state index contributed by atoms with van der Waals surface area (Å²) in [5.41, 5.74) is 6.39. The van der Waals surface area contributed by atoms with Crippen molar-refractivity contribution in [1.82, 2.24) is 5.32 Å².